The molecule has 0 heterocycles. The molecule has 5 N–H and O–H groups in total. The monoisotopic (exact) mass is 218 g/mol. The molecule has 12 heavy (non-hydrogen) atoms. The first kappa shape index (κ1) is 14.5. The van der Waals surface area contributed by atoms with Gasteiger partial charge >= 0.3 is 16.5 Å². The zero-order chi connectivity index (χ0) is 9.98. The van der Waals surface area contributed by atoms with Gasteiger partial charge in [0.2, 0.25) is 0 Å². The molecule has 2 atom stereocenters. The Bertz CT molecular complexity index is 129. The van der Waals surface area contributed by atoms with E-state index in [0.717, 1.165) is 13.1 Å². The normalized spacial score (nSPS) is 11.3. The summed E-state index contributed by atoms with van der Waals surface area (Å²) in [7, 11) is -3.97. The molecule has 0 aromatic rings. The Morgan fingerprint density at radius 2 is 1.83 bits per heavy atom. The number of rotatable bonds is 4. The van der Waals surface area contributed by atoms with Gasteiger partial charge in [-0.3, -0.25) is 0 Å². The third-order valence-corrected chi connectivity index (χ3v) is 1.65. The Morgan fingerprint density at radius 1 is 1.42 bits per heavy atom. The van der Waals surface area contributed by atoms with Crippen LogP contribution < -0.4 is 11.1 Å². The molecule has 72 valence electrons. The zero-order valence-corrected chi connectivity index (χ0v) is 8.29. The van der Waals surface area contributed by atoms with E-state index in [-0.39, 0.29) is 0 Å². The summed E-state index contributed by atoms with van der Waals surface area (Å²) < 4.78 is 22.2. The number of hydrogen-bond acceptors (Lipinski definition) is 5. The average Bonchev–Trinajstić information content (AvgIpc) is 1.87. The van der Waals surface area contributed by atoms with Crippen LogP contribution in [0.2, 0.25) is 0 Å². The summed E-state index contributed by atoms with van der Waals surface area (Å²) in [5.41, 5.74) is 5.08. The van der Waals surface area contributed by atoms with Gasteiger partial charge in [0.1, 0.15) is 0 Å². The van der Waals surface area contributed by atoms with E-state index < -0.39 is 16.5 Å². The highest BCUT2D eigenvalue weighted by Gasteiger charge is 2.31. The maximum absolute atomic E-state index is 9.39. The van der Waals surface area contributed by atoms with Crippen molar-refractivity contribution in [3.8, 4) is 0 Å². The molecular formula is C3H12N2O5P2+2. The second-order valence-electron chi connectivity index (χ2n) is 1.45. The van der Waals surface area contributed by atoms with Crippen molar-refractivity contribution in [3.63, 3.8) is 0 Å². The quantitative estimate of drug-likeness (QED) is 0.467. The molecule has 0 fully saturated rings. The molecular weight excluding hydrogens is 206 g/mol. The van der Waals surface area contributed by atoms with Gasteiger partial charge in [-0.25, -0.2) is 0 Å². The van der Waals surface area contributed by atoms with E-state index in [1.54, 1.807) is 0 Å². The van der Waals surface area contributed by atoms with Crippen molar-refractivity contribution < 1.29 is 23.2 Å². The predicted molar refractivity (Wildman–Crippen MR) is 43.7 cm³/mol. The van der Waals surface area contributed by atoms with Gasteiger partial charge < -0.3 is 11.1 Å². The van der Waals surface area contributed by atoms with Gasteiger partial charge in [-0.05, 0) is 7.05 Å². The minimum Gasteiger partial charge on any atom is -0.329 e. The molecule has 2 unspecified atom stereocenters. The molecule has 0 aliphatic heterocycles. The van der Waals surface area contributed by atoms with Gasteiger partial charge in [-0.15, -0.1) is 9.79 Å². The van der Waals surface area contributed by atoms with Crippen LogP contribution >= 0.6 is 16.5 Å². The van der Waals surface area contributed by atoms with Crippen LogP contribution in [0.1, 0.15) is 0 Å². The maximum Gasteiger partial charge on any atom is 0.745 e. The third kappa shape index (κ3) is 22.5. The summed E-state index contributed by atoms with van der Waals surface area (Å²) in [6.45, 7) is 1.65. The van der Waals surface area contributed by atoms with Crippen molar-refractivity contribution in [1.29, 1.82) is 0 Å². The number of hydrogen-bond donors (Lipinski definition) is 4. The Labute approximate surface area is 71.8 Å². The van der Waals surface area contributed by atoms with Crippen LogP contribution in [-0.4, -0.2) is 29.9 Å². The lowest BCUT2D eigenvalue weighted by Gasteiger charge is -1.85. The molecule has 0 spiro atoms. The molecule has 0 aromatic heterocycles. The number of likely N-dealkylation sites (N-methyl/N-ethyl adjacent to an activating group) is 1. The van der Waals surface area contributed by atoms with E-state index in [1.807, 2.05) is 7.05 Å². The average molecular weight is 218 g/mol. The fourth-order valence-electron chi connectivity index (χ4n) is 0.204. The van der Waals surface area contributed by atoms with Gasteiger partial charge in [0.05, 0.1) is 0 Å². The first-order chi connectivity index (χ1) is 5.54. The first-order valence-corrected chi connectivity index (χ1v) is 5.15. The van der Waals surface area contributed by atoms with Crippen molar-refractivity contribution in [2.24, 2.45) is 5.73 Å². The van der Waals surface area contributed by atoms with E-state index in [9.17, 15) is 9.13 Å². The summed E-state index contributed by atoms with van der Waals surface area (Å²) in [6, 6.07) is 0. The van der Waals surface area contributed by atoms with Crippen molar-refractivity contribution in [3.05, 3.63) is 0 Å². The fourth-order valence-corrected chi connectivity index (χ4v) is 0.682. The van der Waals surface area contributed by atoms with Crippen LogP contribution in [0.25, 0.3) is 0 Å². The molecule has 0 saturated carbocycles. The second kappa shape index (κ2) is 11.0. The molecule has 0 aliphatic rings. The molecule has 0 amide bonds. The van der Waals surface area contributed by atoms with Crippen LogP contribution in [0, 0.1) is 0 Å². The minimum atomic E-state index is -2.92. The van der Waals surface area contributed by atoms with Crippen molar-refractivity contribution in [2.75, 3.05) is 20.1 Å². The summed E-state index contributed by atoms with van der Waals surface area (Å²) in [4.78, 5) is 15.3. The van der Waals surface area contributed by atoms with Gasteiger partial charge in [0, 0.05) is 22.2 Å². The highest BCUT2D eigenvalue weighted by atomic mass is 31.2. The topological polar surface area (TPSA) is 122 Å². The molecule has 7 nitrogen and oxygen atoms in total. The first-order valence-electron chi connectivity index (χ1n) is 2.89. The largest absolute Gasteiger partial charge is 0.745 e. The minimum absolute atomic E-state index is 0.733. The van der Waals surface area contributed by atoms with Crippen molar-refractivity contribution in [2.45, 2.75) is 0 Å². The summed E-state index contributed by atoms with van der Waals surface area (Å²) >= 11 is 0. The Morgan fingerprint density at radius 3 is 1.83 bits per heavy atom. The smallest absolute Gasteiger partial charge is 0.329 e. The molecule has 0 saturated heterocycles. The van der Waals surface area contributed by atoms with E-state index in [4.69, 9.17) is 15.5 Å². The van der Waals surface area contributed by atoms with E-state index in [1.165, 1.54) is 0 Å². The molecule has 0 bridgehead atoms. The molecule has 9 heteroatoms. The predicted octanol–water partition coefficient (Wildman–Crippen LogP) is -0.533. The van der Waals surface area contributed by atoms with E-state index in [0.29, 0.717) is 0 Å². The highest BCUT2D eigenvalue weighted by Crippen LogP contribution is 2.30. The Hall–Kier alpha value is -0.0000000000000000763. The van der Waals surface area contributed by atoms with E-state index >= 15 is 0 Å². The standard InChI is InChI=1S/C3H10N2.O5P2/c1-5-3-2-4;1-6(2)5-7(3)4/h5H,2-4H2,1H3;/p+2. The van der Waals surface area contributed by atoms with Crippen molar-refractivity contribution >= 4 is 16.5 Å². The van der Waals surface area contributed by atoms with E-state index in [2.05, 4.69) is 9.63 Å². The van der Waals surface area contributed by atoms with Crippen LogP contribution in [0.4, 0.5) is 0 Å². The number of nitrogens with one attached hydrogen (secondary N) is 1. The van der Waals surface area contributed by atoms with Crippen LogP contribution in [-0.2, 0) is 13.4 Å². The summed E-state index contributed by atoms with van der Waals surface area (Å²) in [5, 5.41) is 2.89. The highest BCUT2D eigenvalue weighted by molar-refractivity contribution is 7.46. The molecule has 0 radical (unpaired) electrons. The molecule has 0 rings (SSSR count). The lowest BCUT2D eigenvalue weighted by Crippen LogP contribution is -2.17. The van der Waals surface area contributed by atoms with Crippen LogP contribution in [0.15, 0.2) is 0 Å². The third-order valence-electron chi connectivity index (χ3n) is 0.534. The SMILES string of the molecule is CNCCN.O=[P+](O)O[P+](=O)O. The number of nitrogens with two attached hydrogens (primary N) is 1. The second-order valence-corrected chi connectivity index (χ2v) is 3.05. The zero-order valence-electron chi connectivity index (χ0n) is 6.51. The lowest BCUT2D eigenvalue weighted by molar-refractivity contribution is 0.371. The Balaban J connectivity index is 0. The molecule has 0 aromatic carbocycles. The fraction of sp³-hybridized carbons (Fsp3) is 1.00. The van der Waals surface area contributed by atoms with Crippen LogP contribution in [0.3, 0.4) is 0 Å². The lowest BCUT2D eigenvalue weighted by atomic mass is 10.7. The Kier molecular flexibility index (Phi) is 13.3. The van der Waals surface area contributed by atoms with Gasteiger partial charge in [-0.2, -0.15) is 0 Å². The molecule has 0 aliphatic carbocycles. The summed E-state index contributed by atoms with van der Waals surface area (Å²) in [6.07, 6.45) is 0. The maximum atomic E-state index is 9.39. The van der Waals surface area contributed by atoms with Gasteiger partial charge in [0.25, 0.3) is 0 Å². The summed E-state index contributed by atoms with van der Waals surface area (Å²) in [5.74, 6) is 0. The van der Waals surface area contributed by atoms with Crippen molar-refractivity contribution in [1.82, 2.24) is 5.32 Å². The van der Waals surface area contributed by atoms with Crippen LogP contribution in [0.5, 0.6) is 0 Å². The van der Waals surface area contributed by atoms with Gasteiger partial charge in [0.15, 0.2) is 4.31 Å². The van der Waals surface area contributed by atoms with Gasteiger partial charge in [-0.1, -0.05) is 0 Å².